The minimum atomic E-state index is 0.398. The first-order valence-corrected chi connectivity index (χ1v) is 7.78. The van der Waals surface area contributed by atoms with Gasteiger partial charge >= 0.3 is 0 Å². The maximum Gasteiger partial charge on any atom is 0.222 e. The SMILES string of the molecule is CCN(CC1CCCNC1)C(=O)CC1CCCC1. The Morgan fingerprint density at radius 3 is 2.50 bits per heavy atom. The number of piperidine rings is 1. The molecule has 0 aromatic rings. The van der Waals surface area contributed by atoms with Crippen LogP contribution in [0.25, 0.3) is 0 Å². The summed E-state index contributed by atoms with van der Waals surface area (Å²) in [7, 11) is 0. The Kier molecular flexibility index (Phi) is 5.48. The summed E-state index contributed by atoms with van der Waals surface area (Å²) in [5.74, 6) is 1.75. The molecule has 1 amide bonds. The summed E-state index contributed by atoms with van der Waals surface area (Å²) >= 11 is 0. The van der Waals surface area contributed by atoms with Gasteiger partial charge in [-0.1, -0.05) is 12.8 Å². The van der Waals surface area contributed by atoms with E-state index in [2.05, 4.69) is 17.1 Å². The van der Waals surface area contributed by atoms with Crippen LogP contribution in [0.4, 0.5) is 0 Å². The van der Waals surface area contributed by atoms with E-state index in [4.69, 9.17) is 0 Å². The van der Waals surface area contributed by atoms with Crippen LogP contribution in [0.1, 0.15) is 51.9 Å². The van der Waals surface area contributed by atoms with Crippen molar-refractivity contribution in [1.29, 1.82) is 0 Å². The largest absolute Gasteiger partial charge is 0.343 e. The van der Waals surface area contributed by atoms with Gasteiger partial charge in [-0.25, -0.2) is 0 Å². The lowest BCUT2D eigenvalue weighted by atomic mass is 9.98. The van der Waals surface area contributed by atoms with Crippen molar-refractivity contribution >= 4 is 5.91 Å². The van der Waals surface area contributed by atoms with Gasteiger partial charge in [0.15, 0.2) is 0 Å². The van der Waals surface area contributed by atoms with Crippen LogP contribution in [-0.4, -0.2) is 37.0 Å². The second-order valence-electron chi connectivity index (χ2n) is 6.00. The number of carbonyl (C=O) groups is 1. The van der Waals surface area contributed by atoms with Crippen LogP contribution in [0.3, 0.4) is 0 Å². The fraction of sp³-hybridized carbons (Fsp3) is 0.933. The van der Waals surface area contributed by atoms with E-state index in [9.17, 15) is 4.79 Å². The standard InChI is InChI=1S/C15H28N2O/c1-2-17(12-14-8-5-9-16-11-14)15(18)10-13-6-3-4-7-13/h13-14,16H,2-12H2,1H3. The van der Waals surface area contributed by atoms with E-state index in [0.29, 0.717) is 17.7 Å². The first-order valence-electron chi connectivity index (χ1n) is 7.78. The third-order valence-corrected chi connectivity index (χ3v) is 4.55. The second-order valence-corrected chi connectivity index (χ2v) is 6.00. The van der Waals surface area contributed by atoms with Crippen molar-refractivity contribution in [3.05, 3.63) is 0 Å². The zero-order chi connectivity index (χ0) is 12.8. The van der Waals surface area contributed by atoms with Crippen molar-refractivity contribution in [1.82, 2.24) is 10.2 Å². The summed E-state index contributed by atoms with van der Waals surface area (Å²) in [6.07, 6.45) is 8.54. The predicted molar refractivity (Wildman–Crippen MR) is 74.4 cm³/mol. The minimum Gasteiger partial charge on any atom is -0.343 e. The molecule has 3 heteroatoms. The molecule has 0 bridgehead atoms. The first-order chi connectivity index (χ1) is 8.79. The second kappa shape index (κ2) is 7.13. The van der Waals surface area contributed by atoms with Crippen molar-refractivity contribution in [3.8, 4) is 0 Å². The lowest BCUT2D eigenvalue weighted by Crippen LogP contribution is -2.41. The molecule has 18 heavy (non-hydrogen) atoms. The van der Waals surface area contributed by atoms with Crippen molar-refractivity contribution < 1.29 is 4.79 Å². The van der Waals surface area contributed by atoms with Gasteiger partial charge in [-0.15, -0.1) is 0 Å². The molecule has 2 fully saturated rings. The highest BCUT2D eigenvalue weighted by molar-refractivity contribution is 5.76. The van der Waals surface area contributed by atoms with Gasteiger partial charge in [-0.2, -0.15) is 0 Å². The van der Waals surface area contributed by atoms with Crippen LogP contribution >= 0.6 is 0 Å². The molecule has 104 valence electrons. The van der Waals surface area contributed by atoms with Crippen LogP contribution in [-0.2, 0) is 4.79 Å². The van der Waals surface area contributed by atoms with Gasteiger partial charge in [-0.05, 0) is 57.5 Å². The summed E-state index contributed by atoms with van der Waals surface area (Å²) < 4.78 is 0. The van der Waals surface area contributed by atoms with Gasteiger partial charge in [0.2, 0.25) is 5.91 Å². The number of nitrogens with one attached hydrogen (secondary N) is 1. The Morgan fingerprint density at radius 1 is 1.17 bits per heavy atom. The molecule has 1 aliphatic carbocycles. The average Bonchev–Trinajstić information content (AvgIpc) is 2.90. The van der Waals surface area contributed by atoms with E-state index < -0.39 is 0 Å². The molecule has 3 nitrogen and oxygen atoms in total. The molecule has 0 aromatic heterocycles. The first kappa shape index (κ1) is 13.9. The van der Waals surface area contributed by atoms with Crippen LogP contribution in [0.2, 0.25) is 0 Å². The van der Waals surface area contributed by atoms with Crippen molar-refractivity contribution in [2.75, 3.05) is 26.2 Å². The van der Waals surface area contributed by atoms with Crippen LogP contribution in [0, 0.1) is 11.8 Å². The van der Waals surface area contributed by atoms with E-state index >= 15 is 0 Å². The molecule has 2 aliphatic rings. The summed E-state index contributed by atoms with van der Waals surface area (Å²) in [6, 6.07) is 0. The van der Waals surface area contributed by atoms with Gasteiger partial charge in [0, 0.05) is 19.5 Å². The molecule has 2 rings (SSSR count). The molecular weight excluding hydrogens is 224 g/mol. The summed E-state index contributed by atoms with van der Waals surface area (Å²) in [4.78, 5) is 14.4. The molecule has 1 atom stereocenters. The fourth-order valence-corrected chi connectivity index (χ4v) is 3.39. The van der Waals surface area contributed by atoms with Crippen molar-refractivity contribution in [2.45, 2.75) is 51.9 Å². The van der Waals surface area contributed by atoms with Crippen LogP contribution < -0.4 is 5.32 Å². The van der Waals surface area contributed by atoms with Gasteiger partial charge in [-0.3, -0.25) is 4.79 Å². The van der Waals surface area contributed by atoms with Gasteiger partial charge in [0.05, 0.1) is 0 Å². The summed E-state index contributed by atoms with van der Waals surface area (Å²) in [5.41, 5.74) is 0. The average molecular weight is 252 g/mol. The van der Waals surface area contributed by atoms with Crippen molar-refractivity contribution in [3.63, 3.8) is 0 Å². The number of hydrogen-bond acceptors (Lipinski definition) is 2. The zero-order valence-electron chi connectivity index (χ0n) is 11.8. The van der Waals surface area contributed by atoms with E-state index in [1.165, 1.54) is 38.5 Å². The van der Waals surface area contributed by atoms with Gasteiger partial charge < -0.3 is 10.2 Å². The Balaban J connectivity index is 1.76. The number of nitrogens with zero attached hydrogens (tertiary/aromatic N) is 1. The lowest BCUT2D eigenvalue weighted by Gasteiger charge is -2.30. The monoisotopic (exact) mass is 252 g/mol. The lowest BCUT2D eigenvalue weighted by molar-refractivity contribution is -0.132. The normalized spacial score (nSPS) is 25.3. The number of amides is 1. The Morgan fingerprint density at radius 2 is 1.89 bits per heavy atom. The molecule has 1 unspecified atom stereocenters. The molecule has 0 spiro atoms. The molecule has 0 radical (unpaired) electrons. The summed E-state index contributed by atoms with van der Waals surface area (Å²) in [6.45, 7) is 6.20. The van der Waals surface area contributed by atoms with E-state index in [-0.39, 0.29) is 0 Å². The highest BCUT2D eigenvalue weighted by Crippen LogP contribution is 2.28. The number of rotatable bonds is 5. The Hall–Kier alpha value is -0.570. The maximum absolute atomic E-state index is 12.3. The highest BCUT2D eigenvalue weighted by Gasteiger charge is 2.23. The van der Waals surface area contributed by atoms with Gasteiger partial charge in [0.1, 0.15) is 0 Å². The molecular formula is C15H28N2O. The molecule has 1 saturated heterocycles. The highest BCUT2D eigenvalue weighted by atomic mass is 16.2. The predicted octanol–water partition coefficient (Wildman–Crippen LogP) is 2.41. The molecule has 1 heterocycles. The quantitative estimate of drug-likeness (QED) is 0.815. The zero-order valence-corrected chi connectivity index (χ0v) is 11.8. The fourth-order valence-electron chi connectivity index (χ4n) is 3.39. The van der Waals surface area contributed by atoms with E-state index in [1.807, 2.05) is 0 Å². The van der Waals surface area contributed by atoms with E-state index in [0.717, 1.165) is 32.6 Å². The molecule has 1 N–H and O–H groups in total. The maximum atomic E-state index is 12.3. The Labute approximate surface area is 111 Å². The van der Waals surface area contributed by atoms with Gasteiger partial charge in [0.25, 0.3) is 0 Å². The molecule has 1 aliphatic heterocycles. The summed E-state index contributed by atoms with van der Waals surface area (Å²) in [5, 5.41) is 3.44. The topological polar surface area (TPSA) is 32.3 Å². The number of carbonyl (C=O) groups excluding carboxylic acids is 1. The minimum absolute atomic E-state index is 0.398. The third kappa shape index (κ3) is 3.98. The van der Waals surface area contributed by atoms with Crippen LogP contribution in [0.5, 0.6) is 0 Å². The van der Waals surface area contributed by atoms with Crippen molar-refractivity contribution in [2.24, 2.45) is 11.8 Å². The third-order valence-electron chi connectivity index (χ3n) is 4.55. The number of hydrogen-bond donors (Lipinski definition) is 1. The van der Waals surface area contributed by atoms with E-state index in [1.54, 1.807) is 0 Å². The molecule has 0 aromatic carbocycles. The van der Waals surface area contributed by atoms with Crippen LogP contribution in [0.15, 0.2) is 0 Å². The smallest absolute Gasteiger partial charge is 0.222 e. The Bertz CT molecular complexity index is 255. The molecule has 1 saturated carbocycles.